The van der Waals surface area contributed by atoms with E-state index in [9.17, 15) is 0 Å². The van der Waals surface area contributed by atoms with Crippen molar-refractivity contribution in [2.24, 2.45) is 10.7 Å². The molecule has 0 heterocycles. The fourth-order valence-corrected chi connectivity index (χ4v) is 3.08. The average Bonchev–Trinajstić information content (AvgIpc) is 3.18. The molecule has 1 aliphatic rings. The van der Waals surface area contributed by atoms with E-state index in [-0.39, 0.29) is 24.0 Å². The van der Waals surface area contributed by atoms with Gasteiger partial charge in [0, 0.05) is 16.2 Å². The Bertz CT molecular complexity index is 418. The van der Waals surface area contributed by atoms with Gasteiger partial charge in [-0.2, -0.15) is 0 Å². The van der Waals surface area contributed by atoms with Crippen molar-refractivity contribution in [3.8, 4) is 0 Å². The predicted molar refractivity (Wildman–Crippen MR) is 99.1 cm³/mol. The number of hydrogen-bond donors (Lipinski definition) is 2. The van der Waals surface area contributed by atoms with Crippen LogP contribution in [0.5, 0.6) is 0 Å². The van der Waals surface area contributed by atoms with Crippen LogP contribution < -0.4 is 11.1 Å². The van der Waals surface area contributed by atoms with Crippen LogP contribution in [0.1, 0.15) is 32.6 Å². The molecule has 112 valence electrons. The van der Waals surface area contributed by atoms with E-state index < -0.39 is 0 Å². The summed E-state index contributed by atoms with van der Waals surface area (Å²) in [6.45, 7) is 3.91. The molecule has 0 bridgehead atoms. The van der Waals surface area contributed by atoms with Gasteiger partial charge < -0.3 is 11.1 Å². The van der Waals surface area contributed by atoms with Crippen molar-refractivity contribution in [1.82, 2.24) is 5.32 Å². The lowest BCUT2D eigenvalue weighted by molar-refractivity contribution is 0.746. The third kappa shape index (κ3) is 5.91. The summed E-state index contributed by atoms with van der Waals surface area (Å²) < 4.78 is 0.290. The molecule has 0 amide bonds. The number of unbranched alkanes of at least 4 members (excludes halogenated alkanes) is 1. The number of thioether (sulfide) groups is 1. The molecule has 0 unspecified atom stereocenters. The molecule has 0 aliphatic heterocycles. The van der Waals surface area contributed by atoms with Gasteiger partial charge in [-0.3, -0.25) is 4.99 Å². The topological polar surface area (TPSA) is 50.4 Å². The van der Waals surface area contributed by atoms with E-state index in [2.05, 4.69) is 47.6 Å². The van der Waals surface area contributed by atoms with E-state index in [1.807, 2.05) is 11.8 Å². The normalized spacial score (nSPS) is 16.4. The van der Waals surface area contributed by atoms with Gasteiger partial charge in [0.05, 0.1) is 6.54 Å². The lowest BCUT2D eigenvalue weighted by Crippen LogP contribution is -2.33. The third-order valence-corrected chi connectivity index (χ3v) is 4.74. The first-order valence-corrected chi connectivity index (χ1v) is 7.84. The minimum absolute atomic E-state index is 0. The third-order valence-electron chi connectivity index (χ3n) is 3.26. The van der Waals surface area contributed by atoms with Crippen LogP contribution >= 0.6 is 35.7 Å². The molecule has 1 fully saturated rings. The number of nitrogens with one attached hydrogen (secondary N) is 1. The Morgan fingerprint density at radius 2 is 2.05 bits per heavy atom. The molecule has 0 aromatic heterocycles. The number of guanidine groups is 1. The van der Waals surface area contributed by atoms with Gasteiger partial charge in [-0.1, -0.05) is 31.5 Å². The molecule has 1 aliphatic carbocycles. The zero-order chi connectivity index (χ0) is 13.6. The highest BCUT2D eigenvalue weighted by molar-refractivity contribution is 14.0. The van der Waals surface area contributed by atoms with E-state index >= 15 is 0 Å². The first-order chi connectivity index (χ1) is 9.24. The zero-order valence-corrected chi connectivity index (χ0v) is 15.1. The van der Waals surface area contributed by atoms with Crippen molar-refractivity contribution in [2.75, 3.05) is 13.1 Å². The van der Waals surface area contributed by atoms with Crippen molar-refractivity contribution >= 4 is 41.7 Å². The number of benzene rings is 1. The van der Waals surface area contributed by atoms with Crippen molar-refractivity contribution in [3.05, 3.63) is 30.3 Å². The van der Waals surface area contributed by atoms with Gasteiger partial charge in [-0.25, -0.2) is 0 Å². The van der Waals surface area contributed by atoms with E-state index in [4.69, 9.17) is 5.73 Å². The fraction of sp³-hybridized carbons (Fsp3) is 0.533. The average molecular weight is 405 g/mol. The Hall–Kier alpha value is -0.430. The molecule has 0 radical (unpaired) electrons. The van der Waals surface area contributed by atoms with Gasteiger partial charge in [0.25, 0.3) is 0 Å². The molecule has 0 saturated heterocycles. The molecule has 0 atom stereocenters. The van der Waals surface area contributed by atoms with E-state index in [1.54, 1.807) is 0 Å². The Kier molecular flexibility index (Phi) is 7.72. The van der Waals surface area contributed by atoms with Gasteiger partial charge in [0.2, 0.25) is 0 Å². The summed E-state index contributed by atoms with van der Waals surface area (Å²) >= 11 is 1.94. The van der Waals surface area contributed by atoms with Crippen LogP contribution in [-0.2, 0) is 0 Å². The largest absolute Gasteiger partial charge is 0.370 e. The van der Waals surface area contributed by atoms with Crippen LogP contribution in [-0.4, -0.2) is 23.8 Å². The summed E-state index contributed by atoms with van der Waals surface area (Å²) in [5, 5.41) is 3.17. The highest BCUT2D eigenvalue weighted by Crippen LogP contribution is 2.51. The van der Waals surface area contributed by atoms with Crippen LogP contribution in [0.15, 0.2) is 40.2 Å². The van der Waals surface area contributed by atoms with Gasteiger partial charge in [0.1, 0.15) is 0 Å². The van der Waals surface area contributed by atoms with Crippen molar-refractivity contribution in [3.63, 3.8) is 0 Å². The van der Waals surface area contributed by atoms with Crippen molar-refractivity contribution < 1.29 is 0 Å². The van der Waals surface area contributed by atoms with Gasteiger partial charge in [-0.15, -0.1) is 35.7 Å². The number of hydrogen-bond acceptors (Lipinski definition) is 2. The van der Waals surface area contributed by atoms with Crippen molar-refractivity contribution in [2.45, 2.75) is 42.2 Å². The number of rotatable bonds is 7. The molecule has 1 saturated carbocycles. The summed E-state index contributed by atoms with van der Waals surface area (Å²) in [6, 6.07) is 10.6. The van der Waals surface area contributed by atoms with Gasteiger partial charge in [-0.05, 0) is 31.4 Å². The molecule has 1 aromatic rings. The Morgan fingerprint density at radius 3 is 2.65 bits per heavy atom. The Morgan fingerprint density at radius 1 is 1.35 bits per heavy atom. The molecule has 3 nitrogen and oxygen atoms in total. The number of halogens is 1. The first kappa shape index (κ1) is 17.6. The molecule has 20 heavy (non-hydrogen) atoms. The molecule has 3 N–H and O–H groups in total. The second kappa shape index (κ2) is 8.77. The van der Waals surface area contributed by atoms with Crippen molar-refractivity contribution in [1.29, 1.82) is 0 Å². The van der Waals surface area contributed by atoms with E-state index in [0.717, 1.165) is 19.5 Å². The maximum Gasteiger partial charge on any atom is 0.188 e. The Balaban J connectivity index is 0.00000200. The maximum absolute atomic E-state index is 5.87. The number of aliphatic imine (C=N–C) groups is 1. The van der Waals surface area contributed by atoms with Crippen LogP contribution in [0.2, 0.25) is 0 Å². The predicted octanol–water partition coefficient (Wildman–Crippen LogP) is 3.63. The van der Waals surface area contributed by atoms with Crippen LogP contribution in [0.3, 0.4) is 0 Å². The first-order valence-electron chi connectivity index (χ1n) is 7.02. The van der Waals surface area contributed by atoms with Crippen LogP contribution in [0, 0.1) is 0 Å². The van der Waals surface area contributed by atoms with Gasteiger partial charge in [0.15, 0.2) is 5.96 Å². The monoisotopic (exact) mass is 405 g/mol. The summed E-state index contributed by atoms with van der Waals surface area (Å²) in [7, 11) is 0. The second-order valence-electron chi connectivity index (χ2n) is 5.08. The minimum atomic E-state index is 0. The molecule has 2 rings (SSSR count). The zero-order valence-electron chi connectivity index (χ0n) is 12.0. The number of nitrogens with two attached hydrogens (primary N) is 1. The Labute approximate surface area is 143 Å². The molecular weight excluding hydrogens is 381 g/mol. The smallest absolute Gasteiger partial charge is 0.188 e. The standard InChI is InChI=1S/C15H23N3S.HI/c1-2-3-11-17-14(16)18-12-15(9-10-15)19-13-7-5-4-6-8-13;/h4-8H,2-3,9-12H2,1H3,(H3,16,17,18);1H. The lowest BCUT2D eigenvalue weighted by Gasteiger charge is -2.13. The quantitative estimate of drug-likeness (QED) is 0.315. The second-order valence-corrected chi connectivity index (χ2v) is 6.62. The van der Waals surface area contributed by atoms with Crippen LogP contribution in [0.25, 0.3) is 0 Å². The minimum Gasteiger partial charge on any atom is -0.370 e. The maximum atomic E-state index is 5.87. The molecule has 0 spiro atoms. The highest BCUT2D eigenvalue weighted by atomic mass is 127. The molecule has 5 heteroatoms. The lowest BCUT2D eigenvalue weighted by atomic mass is 10.3. The number of nitrogens with zero attached hydrogens (tertiary/aromatic N) is 1. The van der Waals surface area contributed by atoms with Gasteiger partial charge >= 0.3 is 0 Å². The van der Waals surface area contributed by atoms with Crippen LogP contribution in [0.4, 0.5) is 0 Å². The highest BCUT2D eigenvalue weighted by Gasteiger charge is 2.43. The molecule has 1 aromatic carbocycles. The van der Waals surface area contributed by atoms with E-state index in [0.29, 0.717) is 10.7 Å². The SMILES string of the molecule is CCCCNC(N)=NCC1(Sc2ccccc2)CC1.I. The summed E-state index contributed by atoms with van der Waals surface area (Å²) in [4.78, 5) is 5.82. The summed E-state index contributed by atoms with van der Waals surface area (Å²) in [6.07, 6.45) is 4.78. The summed E-state index contributed by atoms with van der Waals surface area (Å²) in [5.74, 6) is 0.591. The summed E-state index contributed by atoms with van der Waals surface area (Å²) in [5.41, 5.74) is 5.87. The molecular formula is C15H24IN3S. The fourth-order valence-electron chi connectivity index (χ4n) is 1.85. The van der Waals surface area contributed by atoms with E-state index in [1.165, 1.54) is 24.2 Å².